The first-order valence-corrected chi connectivity index (χ1v) is 9.52. The molecule has 2 aliphatic heterocycles. The summed E-state index contributed by atoms with van der Waals surface area (Å²) >= 11 is 0. The van der Waals surface area contributed by atoms with E-state index in [0.717, 1.165) is 13.7 Å². The number of carbonyl (C=O) groups is 1. The Bertz CT molecular complexity index is 973. The van der Waals surface area contributed by atoms with Gasteiger partial charge in [0, 0.05) is 5.57 Å². The monoisotopic (exact) mass is 409 g/mol. The first-order valence-electron chi connectivity index (χ1n) is 9.52. The third-order valence-electron chi connectivity index (χ3n) is 5.72. The first kappa shape index (κ1) is 21.3. The maximum absolute atomic E-state index is 13.0. The van der Waals surface area contributed by atoms with Crippen molar-refractivity contribution in [3.8, 4) is 0 Å². The van der Waals surface area contributed by atoms with Gasteiger partial charge in [-0.05, 0) is 34.6 Å². The Hall–Kier alpha value is -2.46. The molecule has 0 spiro atoms. The molecule has 2 fully saturated rings. The van der Waals surface area contributed by atoms with Crippen molar-refractivity contribution in [1.29, 1.82) is 0 Å². The average molecular weight is 409 g/mol. The van der Waals surface area contributed by atoms with Crippen LogP contribution in [-0.2, 0) is 38.6 Å². The van der Waals surface area contributed by atoms with Gasteiger partial charge < -0.3 is 14.2 Å². The fourth-order valence-corrected chi connectivity index (χ4v) is 3.20. The molecule has 10 heteroatoms. The number of epoxide rings is 2. The van der Waals surface area contributed by atoms with Gasteiger partial charge in [0.25, 0.3) is 0 Å². The standard InChI is InChI=1S/C19H27N3O7/c1-11(2)14(23)27-8-7-20-15(24)21(9-18(5)12(3)28-18)17(26)22(16(20)25)10-19(6)13(4)29-19/h12-13H,1,7-10H2,2-6H3. The van der Waals surface area contributed by atoms with E-state index in [0.29, 0.717) is 0 Å². The SMILES string of the molecule is C=C(C)C(=O)OCCn1c(=O)n(CC2(C)OC2C)c(=O)n(CC2(C)OC2C)c1=O. The van der Waals surface area contributed by atoms with Crippen LogP contribution in [0.4, 0.5) is 0 Å². The molecule has 1 aromatic heterocycles. The normalized spacial score (nSPS) is 30.1. The summed E-state index contributed by atoms with van der Waals surface area (Å²) in [6.07, 6.45) is -0.216. The predicted molar refractivity (Wildman–Crippen MR) is 103 cm³/mol. The lowest BCUT2D eigenvalue weighted by molar-refractivity contribution is -0.139. The number of esters is 1. The Labute approximate surface area is 167 Å². The predicted octanol–water partition coefficient (Wildman–Crippen LogP) is -0.354. The van der Waals surface area contributed by atoms with E-state index in [1.165, 1.54) is 6.92 Å². The summed E-state index contributed by atoms with van der Waals surface area (Å²) in [4.78, 5) is 50.3. The zero-order valence-corrected chi connectivity index (χ0v) is 17.4. The summed E-state index contributed by atoms with van der Waals surface area (Å²) in [5.74, 6) is -0.618. The number of hydrogen-bond donors (Lipinski definition) is 0. The molecule has 0 radical (unpaired) electrons. The van der Waals surface area contributed by atoms with Crippen LogP contribution in [0.25, 0.3) is 0 Å². The molecular formula is C19H27N3O7. The molecule has 4 unspecified atom stereocenters. The fourth-order valence-electron chi connectivity index (χ4n) is 3.20. The van der Waals surface area contributed by atoms with E-state index < -0.39 is 34.2 Å². The van der Waals surface area contributed by atoms with Gasteiger partial charge in [0.2, 0.25) is 0 Å². The van der Waals surface area contributed by atoms with Crippen LogP contribution in [0.1, 0.15) is 34.6 Å². The van der Waals surface area contributed by atoms with Crippen molar-refractivity contribution in [3.63, 3.8) is 0 Å². The van der Waals surface area contributed by atoms with Crippen LogP contribution in [0, 0.1) is 0 Å². The molecule has 0 aliphatic carbocycles. The minimum absolute atomic E-state index is 0.0186. The highest BCUT2D eigenvalue weighted by atomic mass is 16.6. The number of ether oxygens (including phenoxy) is 3. The van der Waals surface area contributed by atoms with Crippen molar-refractivity contribution in [1.82, 2.24) is 13.7 Å². The average Bonchev–Trinajstić information content (AvgIpc) is 3.45. The highest BCUT2D eigenvalue weighted by molar-refractivity contribution is 5.86. The van der Waals surface area contributed by atoms with Crippen molar-refractivity contribution < 1.29 is 19.0 Å². The zero-order chi connectivity index (χ0) is 21.7. The lowest BCUT2D eigenvalue weighted by Gasteiger charge is -2.16. The van der Waals surface area contributed by atoms with Crippen LogP contribution >= 0.6 is 0 Å². The van der Waals surface area contributed by atoms with Gasteiger partial charge >= 0.3 is 23.0 Å². The summed E-state index contributed by atoms with van der Waals surface area (Å²) in [7, 11) is 0. The van der Waals surface area contributed by atoms with Gasteiger partial charge in [-0.3, -0.25) is 0 Å². The van der Waals surface area contributed by atoms with E-state index in [-0.39, 0.29) is 44.0 Å². The highest BCUT2D eigenvalue weighted by Crippen LogP contribution is 2.37. The smallest absolute Gasteiger partial charge is 0.336 e. The van der Waals surface area contributed by atoms with Gasteiger partial charge in [-0.15, -0.1) is 0 Å². The molecule has 29 heavy (non-hydrogen) atoms. The van der Waals surface area contributed by atoms with E-state index in [1.54, 1.807) is 13.8 Å². The summed E-state index contributed by atoms with van der Waals surface area (Å²) in [6.45, 7) is 11.9. The van der Waals surface area contributed by atoms with Crippen molar-refractivity contribution in [2.75, 3.05) is 6.61 Å². The van der Waals surface area contributed by atoms with Crippen LogP contribution < -0.4 is 17.1 Å². The van der Waals surface area contributed by atoms with E-state index in [9.17, 15) is 19.2 Å². The molecule has 0 bridgehead atoms. The summed E-state index contributed by atoms with van der Waals surface area (Å²) in [5, 5.41) is 0. The lowest BCUT2D eigenvalue weighted by Crippen LogP contribution is -2.57. The molecule has 2 saturated heterocycles. The summed E-state index contributed by atoms with van der Waals surface area (Å²) in [6, 6.07) is 0. The lowest BCUT2D eigenvalue weighted by atomic mass is 10.1. The molecular weight excluding hydrogens is 382 g/mol. The zero-order valence-electron chi connectivity index (χ0n) is 17.4. The Kier molecular flexibility index (Phi) is 5.20. The second kappa shape index (κ2) is 7.10. The number of hydrogen-bond acceptors (Lipinski definition) is 7. The van der Waals surface area contributed by atoms with Gasteiger partial charge in [-0.2, -0.15) is 0 Å². The molecule has 0 N–H and O–H groups in total. The second-order valence-corrected chi connectivity index (χ2v) is 8.23. The van der Waals surface area contributed by atoms with Crippen LogP contribution in [0.15, 0.2) is 26.5 Å². The molecule has 0 aromatic carbocycles. The maximum atomic E-state index is 13.0. The molecule has 160 valence electrons. The molecule has 1 aromatic rings. The van der Waals surface area contributed by atoms with Crippen LogP contribution in [0.2, 0.25) is 0 Å². The van der Waals surface area contributed by atoms with Gasteiger partial charge in [0.05, 0.1) is 31.8 Å². The summed E-state index contributed by atoms with van der Waals surface area (Å²) < 4.78 is 18.9. The minimum atomic E-state index is -0.763. The molecule has 4 atom stereocenters. The largest absolute Gasteiger partial charge is 0.460 e. The van der Waals surface area contributed by atoms with Gasteiger partial charge in [-0.1, -0.05) is 6.58 Å². The minimum Gasteiger partial charge on any atom is -0.460 e. The van der Waals surface area contributed by atoms with Crippen molar-refractivity contribution in [2.45, 2.75) is 77.7 Å². The number of carbonyl (C=O) groups excluding carboxylic acids is 1. The molecule has 0 amide bonds. The number of aromatic nitrogens is 3. The number of rotatable bonds is 8. The van der Waals surface area contributed by atoms with Crippen molar-refractivity contribution >= 4 is 5.97 Å². The van der Waals surface area contributed by atoms with E-state index in [1.807, 2.05) is 13.8 Å². The van der Waals surface area contributed by atoms with E-state index >= 15 is 0 Å². The second-order valence-electron chi connectivity index (χ2n) is 8.23. The third kappa shape index (κ3) is 3.99. The van der Waals surface area contributed by atoms with Crippen molar-refractivity contribution in [3.05, 3.63) is 43.6 Å². The summed E-state index contributed by atoms with van der Waals surface area (Å²) in [5.41, 5.74) is -3.32. The Balaban J connectivity index is 1.98. The first-order chi connectivity index (χ1) is 13.4. The van der Waals surface area contributed by atoms with Crippen LogP contribution in [0.5, 0.6) is 0 Å². The maximum Gasteiger partial charge on any atom is 0.336 e. The topological polar surface area (TPSA) is 117 Å². The van der Waals surface area contributed by atoms with Gasteiger partial charge in [-0.25, -0.2) is 32.9 Å². The van der Waals surface area contributed by atoms with E-state index in [4.69, 9.17) is 14.2 Å². The Morgan fingerprint density at radius 3 is 1.69 bits per heavy atom. The van der Waals surface area contributed by atoms with Gasteiger partial charge in [0.15, 0.2) is 0 Å². The molecule has 3 rings (SSSR count). The van der Waals surface area contributed by atoms with Crippen molar-refractivity contribution in [2.24, 2.45) is 0 Å². The third-order valence-corrected chi connectivity index (χ3v) is 5.72. The number of nitrogens with zero attached hydrogens (tertiary/aromatic N) is 3. The highest BCUT2D eigenvalue weighted by Gasteiger charge is 2.51. The van der Waals surface area contributed by atoms with Crippen LogP contribution in [-0.4, -0.2) is 49.7 Å². The Morgan fingerprint density at radius 1 is 0.966 bits per heavy atom. The van der Waals surface area contributed by atoms with Crippen LogP contribution in [0.3, 0.4) is 0 Å². The molecule has 2 aliphatic rings. The van der Waals surface area contributed by atoms with E-state index in [2.05, 4.69) is 6.58 Å². The Morgan fingerprint density at radius 2 is 1.34 bits per heavy atom. The molecule has 3 heterocycles. The van der Waals surface area contributed by atoms with Gasteiger partial charge in [0.1, 0.15) is 17.8 Å². The quantitative estimate of drug-likeness (QED) is 0.327. The molecule has 10 nitrogen and oxygen atoms in total. The molecule has 0 saturated carbocycles. The fraction of sp³-hybridized carbons (Fsp3) is 0.684.